The lowest BCUT2D eigenvalue weighted by Gasteiger charge is -2.38. The van der Waals surface area contributed by atoms with Crippen LogP contribution in [0, 0.1) is 5.92 Å². The summed E-state index contributed by atoms with van der Waals surface area (Å²) in [5.74, 6) is 0.0636. The number of amides is 1. The smallest absolute Gasteiger partial charge is 0.246 e. The fraction of sp³-hybridized carbons (Fsp3) is 0.611. The van der Waals surface area contributed by atoms with Gasteiger partial charge in [0.2, 0.25) is 15.9 Å². The van der Waals surface area contributed by atoms with Crippen molar-refractivity contribution in [3.63, 3.8) is 0 Å². The minimum absolute atomic E-state index is 0.0437. The summed E-state index contributed by atoms with van der Waals surface area (Å²) in [5, 5.41) is 0.246. The second-order valence-electron chi connectivity index (χ2n) is 7.11. The maximum absolute atomic E-state index is 12.9. The predicted molar refractivity (Wildman–Crippen MR) is 103 cm³/mol. The van der Waals surface area contributed by atoms with Gasteiger partial charge < -0.3 is 4.90 Å². The largest absolute Gasteiger partial charge is 0.340 e. The van der Waals surface area contributed by atoms with Gasteiger partial charge in [0.05, 0.1) is 10.0 Å². The van der Waals surface area contributed by atoms with Gasteiger partial charge in [-0.2, -0.15) is 4.31 Å². The molecular formula is C18H24Cl2N2O3S. The van der Waals surface area contributed by atoms with E-state index in [2.05, 4.69) is 6.92 Å². The van der Waals surface area contributed by atoms with Gasteiger partial charge in [0.25, 0.3) is 0 Å². The maximum atomic E-state index is 12.9. The molecule has 3 rings (SSSR count). The van der Waals surface area contributed by atoms with E-state index in [4.69, 9.17) is 23.2 Å². The number of carbonyl (C=O) groups is 1. The number of benzene rings is 1. The Morgan fingerprint density at radius 3 is 2.23 bits per heavy atom. The summed E-state index contributed by atoms with van der Waals surface area (Å²) in [7, 11) is -3.76. The van der Waals surface area contributed by atoms with E-state index < -0.39 is 10.0 Å². The van der Waals surface area contributed by atoms with E-state index in [0.29, 0.717) is 25.9 Å². The summed E-state index contributed by atoms with van der Waals surface area (Å²) in [4.78, 5) is 14.7. The second-order valence-corrected chi connectivity index (χ2v) is 9.79. The third kappa shape index (κ3) is 3.88. The molecule has 5 nitrogen and oxygen atoms in total. The van der Waals surface area contributed by atoms with E-state index in [9.17, 15) is 13.2 Å². The highest BCUT2D eigenvalue weighted by Crippen LogP contribution is 2.34. The van der Waals surface area contributed by atoms with E-state index in [1.54, 1.807) is 6.07 Å². The summed E-state index contributed by atoms with van der Waals surface area (Å²) >= 11 is 12.2. The Kier molecular flexibility index (Phi) is 6.17. The molecule has 2 aliphatic heterocycles. The number of halogens is 2. The van der Waals surface area contributed by atoms with Crippen molar-refractivity contribution in [2.75, 3.05) is 19.6 Å². The van der Waals surface area contributed by atoms with Crippen molar-refractivity contribution in [3.8, 4) is 0 Å². The third-order valence-corrected chi connectivity index (χ3v) is 8.26. The fourth-order valence-corrected chi connectivity index (χ4v) is 6.42. The van der Waals surface area contributed by atoms with Crippen molar-refractivity contribution in [1.82, 2.24) is 9.21 Å². The van der Waals surface area contributed by atoms with Gasteiger partial charge in [-0.3, -0.25) is 4.79 Å². The number of hydrogen-bond acceptors (Lipinski definition) is 3. The molecule has 0 N–H and O–H groups in total. The maximum Gasteiger partial charge on any atom is 0.246 e. The second kappa shape index (κ2) is 8.05. The number of likely N-dealkylation sites (tertiary alicyclic amines) is 1. The SMILES string of the molecule is CC1CCCCN1C(=O)C1CCN(S(=O)(=O)c2c(Cl)cccc2Cl)CC1. The Morgan fingerprint density at radius 1 is 1.04 bits per heavy atom. The molecule has 0 bridgehead atoms. The van der Waals surface area contributed by atoms with Crippen LogP contribution < -0.4 is 0 Å². The molecule has 0 aliphatic carbocycles. The lowest BCUT2D eigenvalue weighted by atomic mass is 9.94. The number of nitrogens with zero attached hydrogens (tertiary/aromatic N) is 2. The van der Waals surface area contributed by atoms with E-state index in [0.717, 1.165) is 19.4 Å². The Balaban J connectivity index is 1.69. The topological polar surface area (TPSA) is 57.7 Å². The number of rotatable bonds is 3. The molecule has 144 valence electrons. The van der Waals surface area contributed by atoms with Gasteiger partial charge in [0.15, 0.2) is 0 Å². The number of sulfonamides is 1. The van der Waals surface area contributed by atoms with Crippen LogP contribution in [-0.2, 0) is 14.8 Å². The number of piperidine rings is 2. The van der Waals surface area contributed by atoms with Crippen molar-refractivity contribution in [1.29, 1.82) is 0 Å². The molecule has 1 atom stereocenters. The number of hydrogen-bond donors (Lipinski definition) is 0. The monoisotopic (exact) mass is 418 g/mol. The molecule has 2 heterocycles. The highest BCUT2D eigenvalue weighted by molar-refractivity contribution is 7.89. The summed E-state index contributed by atoms with van der Waals surface area (Å²) in [5.41, 5.74) is 0. The molecule has 0 radical (unpaired) electrons. The highest BCUT2D eigenvalue weighted by Gasteiger charge is 2.36. The van der Waals surface area contributed by atoms with Crippen molar-refractivity contribution in [3.05, 3.63) is 28.2 Å². The first-order valence-corrected chi connectivity index (χ1v) is 11.3. The van der Waals surface area contributed by atoms with Gasteiger partial charge in [0.1, 0.15) is 4.90 Å². The predicted octanol–water partition coefficient (Wildman–Crippen LogP) is 3.80. The molecule has 0 aromatic heterocycles. The molecule has 1 amide bonds. The zero-order valence-corrected chi connectivity index (χ0v) is 17.2. The van der Waals surface area contributed by atoms with Crippen LogP contribution in [0.5, 0.6) is 0 Å². The minimum Gasteiger partial charge on any atom is -0.340 e. The van der Waals surface area contributed by atoms with Gasteiger partial charge in [-0.25, -0.2) is 8.42 Å². The van der Waals surface area contributed by atoms with Crippen molar-refractivity contribution >= 4 is 39.1 Å². The average Bonchev–Trinajstić information content (AvgIpc) is 2.61. The molecular weight excluding hydrogens is 395 g/mol. The van der Waals surface area contributed by atoms with Crippen LogP contribution in [-0.4, -0.2) is 49.2 Å². The van der Waals surface area contributed by atoms with Gasteiger partial charge in [-0.15, -0.1) is 0 Å². The van der Waals surface area contributed by atoms with Crippen LogP contribution in [0.3, 0.4) is 0 Å². The molecule has 8 heteroatoms. The van der Waals surface area contributed by atoms with Crippen LogP contribution in [0.15, 0.2) is 23.1 Å². The first kappa shape index (κ1) is 19.9. The first-order valence-electron chi connectivity index (χ1n) is 9.07. The zero-order chi connectivity index (χ0) is 18.9. The molecule has 2 fully saturated rings. The Bertz CT molecular complexity index is 756. The third-order valence-electron chi connectivity index (χ3n) is 5.41. The fourth-order valence-electron chi connectivity index (χ4n) is 3.86. The molecule has 26 heavy (non-hydrogen) atoms. The quantitative estimate of drug-likeness (QED) is 0.749. The summed E-state index contributed by atoms with van der Waals surface area (Å²) in [6, 6.07) is 4.94. The summed E-state index contributed by atoms with van der Waals surface area (Å²) in [6.07, 6.45) is 4.32. The Hall–Kier alpha value is -0.820. The van der Waals surface area contributed by atoms with Crippen LogP contribution in [0.4, 0.5) is 0 Å². The van der Waals surface area contributed by atoms with Gasteiger partial charge in [0, 0.05) is 31.6 Å². The summed E-state index contributed by atoms with van der Waals surface area (Å²) in [6.45, 7) is 3.52. The normalized spacial score (nSPS) is 23.2. The molecule has 1 unspecified atom stereocenters. The van der Waals surface area contributed by atoms with Gasteiger partial charge >= 0.3 is 0 Å². The molecule has 2 saturated heterocycles. The van der Waals surface area contributed by atoms with Crippen LogP contribution in [0.1, 0.15) is 39.0 Å². The van der Waals surface area contributed by atoms with E-state index >= 15 is 0 Å². The van der Waals surface area contributed by atoms with E-state index in [1.165, 1.54) is 22.9 Å². The standard InChI is InChI=1S/C18H24Cl2N2O3S/c1-13-5-2-3-10-22(13)18(23)14-8-11-21(12-9-14)26(24,25)17-15(19)6-4-7-16(17)20/h4,6-7,13-14H,2-3,5,8-12H2,1H3. The van der Waals surface area contributed by atoms with Crippen LogP contribution >= 0.6 is 23.2 Å². The first-order chi connectivity index (χ1) is 12.3. The van der Waals surface area contributed by atoms with Gasteiger partial charge in [-0.05, 0) is 51.2 Å². The van der Waals surface area contributed by atoms with Crippen LogP contribution in [0.25, 0.3) is 0 Å². The number of carbonyl (C=O) groups excluding carboxylic acids is 1. The van der Waals surface area contributed by atoms with E-state index in [-0.39, 0.29) is 32.8 Å². The minimum atomic E-state index is -3.76. The van der Waals surface area contributed by atoms with E-state index in [1.807, 2.05) is 4.90 Å². The molecule has 2 aliphatic rings. The van der Waals surface area contributed by atoms with Gasteiger partial charge in [-0.1, -0.05) is 29.3 Å². The van der Waals surface area contributed by atoms with Crippen molar-refractivity contribution in [2.24, 2.45) is 5.92 Å². The molecule has 0 saturated carbocycles. The molecule has 1 aromatic rings. The van der Waals surface area contributed by atoms with Crippen LogP contribution in [0.2, 0.25) is 10.0 Å². The lowest BCUT2D eigenvalue weighted by Crippen LogP contribution is -2.48. The summed E-state index contributed by atoms with van der Waals surface area (Å²) < 4.78 is 27.2. The molecule has 0 spiro atoms. The average molecular weight is 419 g/mol. The Labute approximate surface area is 165 Å². The van der Waals surface area contributed by atoms with Crippen molar-refractivity contribution in [2.45, 2.75) is 50.0 Å². The lowest BCUT2D eigenvalue weighted by molar-refractivity contribution is -0.140. The molecule has 1 aromatic carbocycles. The van der Waals surface area contributed by atoms with Crippen molar-refractivity contribution < 1.29 is 13.2 Å². The highest BCUT2D eigenvalue weighted by atomic mass is 35.5. The zero-order valence-electron chi connectivity index (χ0n) is 14.8. The Morgan fingerprint density at radius 2 is 1.65 bits per heavy atom.